The molecule has 1 aromatic carbocycles. The average Bonchev–Trinajstić information content (AvgIpc) is 2.77. The Morgan fingerprint density at radius 3 is 2.74 bits per heavy atom. The summed E-state index contributed by atoms with van der Waals surface area (Å²) < 4.78 is 14.1. The molecule has 100 valence electrons. The van der Waals surface area contributed by atoms with Gasteiger partial charge >= 0.3 is 0 Å². The zero-order valence-electron chi connectivity index (χ0n) is 9.99. The zero-order chi connectivity index (χ0) is 14.0. The van der Waals surface area contributed by atoms with Crippen LogP contribution in [0.5, 0.6) is 0 Å². The summed E-state index contributed by atoms with van der Waals surface area (Å²) >= 11 is 10.4. The van der Waals surface area contributed by atoms with Gasteiger partial charge in [-0.15, -0.1) is 11.3 Å². The van der Waals surface area contributed by atoms with Gasteiger partial charge in [0, 0.05) is 17.5 Å². The molecule has 19 heavy (non-hydrogen) atoms. The number of amides is 1. The Hall–Kier alpha value is -0.910. The molecule has 0 saturated heterocycles. The number of nitrogens with zero attached hydrogens (tertiary/aromatic N) is 1. The molecule has 6 heteroatoms. The van der Waals surface area contributed by atoms with Crippen molar-refractivity contribution in [2.75, 3.05) is 7.05 Å². The van der Waals surface area contributed by atoms with Crippen LogP contribution >= 0.6 is 38.9 Å². The van der Waals surface area contributed by atoms with Crippen LogP contribution in [-0.2, 0) is 6.54 Å². The Balaban J connectivity index is 2.12. The standard InChI is InChI=1S/C13H10BrClFNOS/c1-17(7-9-3-5-12(15)19-9)13(18)8-2-4-11(16)10(14)6-8/h2-6H,7H2,1H3. The predicted molar refractivity (Wildman–Crippen MR) is 79.2 cm³/mol. The smallest absolute Gasteiger partial charge is 0.253 e. The van der Waals surface area contributed by atoms with Crippen molar-refractivity contribution in [1.82, 2.24) is 4.90 Å². The van der Waals surface area contributed by atoms with Crippen molar-refractivity contribution in [2.24, 2.45) is 0 Å². The van der Waals surface area contributed by atoms with E-state index < -0.39 is 0 Å². The van der Waals surface area contributed by atoms with Crippen LogP contribution in [0.3, 0.4) is 0 Å². The SMILES string of the molecule is CN(Cc1ccc(Cl)s1)C(=O)c1ccc(F)c(Br)c1. The van der Waals surface area contributed by atoms with Crippen molar-refractivity contribution in [3.05, 3.63) is 55.4 Å². The van der Waals surface area contributed by atoms with Crippen molar-refractivity contribution in [2.45, 2.75) is 6.54 Å². The molecule has 2 rings (SSSR count). The van der Waals surface area contributed by atoms with E-state index in [-0.39, 0.29) is 16.2 Å². The van der Waals surface area contributed by atoms with E-state index in [0.29, 0.717) is 16.4 Å². The number of benzene rings is 1. The van der Waals surface area contributed by atoms with Gasteiger partial charge in [-0.3, -0.25) is 4.79 Å². The summed E-state index contributed by atoms with van der Waals surface area (Å²) in [5, 5.41) is 0. The van der Waals surface area contributed by atoms with Gasteiger partial charge in [-0.2, -0.15) is 0 Å². The molecule has 0 aliphatic rings. The first kappa shape index (κ1) is 14.5. The fourth-order valence-corrected chi connectivity index (χ4v) is 3.11. The fourth-order valence-electron chi connectivity index (χ4n) is 1.59. The highest BCUT2D eigenvalue weighted by molar-refractivity contribution is 9.10. The van der Waals surface area contributed by atoms with Crippen molar-refractivity contribution >= 4 is 44.8 Å². The van der Waals surface area contributed by atoms with Crippen LogP contribution in [0.25, 0.3) is 0 Å². The van der Waals surface area contributed by atoms with Crippen LogP contribution in [0.4, 0.5) is 4.39 Å². The second kappa shape index (κ2) is 6.03. The molecule has 1 heterocycles. The van der Waals surface area contributed by atoms with Crippen LogP contribution in [0, 0.1) is 5.82 Å². The molecular weight excluding hydrogens is 353 g/mol. The summed E-state index contributed by atoms with van der Waals surface area (Å²) in [6.07, 6.45) is 0. The van der Waals surface area contributed by atoms with Gasteiger partial charge in [-0.1, -0.05) is 11.6 Å². The molecule has 0 spiro atoms. The number of hydrogen-bond donors (Lipinski definition) is 0. The number of carbonyl (C=O) groups is 1. The highest BCUT2D eigenvalue weighted by Crippen LogP contribution is 2.23. The molecule has 0 atom stereocenters. The maximum Gasteiger partial charge on any atom is 0.253 e. The molecule has 2 aromatic rings. The Bertz CT molecular complexity index is 616. The molecule has 0 N–H and O–H groups in total. The lowest BCUT2D eigenvalue weighted by Crippen LogP contribution is -2.25. The number of carbonyl (C=O) groups excluding carboxylic acids is 1. The molecule has 0 aliphatic carbocycles. The molecule has 0 unspecified atom stereocenters. The normalized spacial score (nSPS) is 10.5. The minimum absolute atomic E-state index is 0.162. The average molecular weight is 363 g/mol. The first-order valence-electron chi connectivity index (χ1n) is 5.42. The van der Waals surface area contributed by atoms with Gasteiger partial charge in [0.1, 0.15) is 5.82 Å². The predicted octanol–water partition coefficient (Wildman–Crippen LogP) is 4.58. The summed E-state index contributed by atoms with van der Waals surface area (Å²) in [5.41, 5.74) is 0.443. The van der Waals surface area contributed by atoms with Crippen LogP contribution in [0.1, 0.15) is 15.2 Å². The van der Waals surface area contributed by atoms with Gasteiger partial charge in [0.2, 0.25) is 0 Å². The number of thiophene rings is 1. The molecule has 0 radical (unpaired) electrons. The van der Waals surface area contributed by atoms with E-state index >= 15 is 0 Å². The molecule has 2 nitrogen and oxygen atoms in total. The molecule has 1 amide bonds. The summed E-state index contributed by atoms with van der Waals surface area (Å²) in [7, 11) is 1.70. The van der Waals surface area contributed by atoms with Crippen molar-refractivity contribution in [1.29, 1.82) is 0 Å². The molecule has 0 aliphatic heterocycles. The third-order valence-electron chi connectivity index (χ3n) is 2.54. The van der Waals surface area contributed by atoms with E-state index in [0.717, 1.165) is 4.88 Å². The highest BCUT2D eigenvalue weighted by atomic mass is 79.9. The second-order valence-corrected chi connectivity index (χ2v) is 6.65. The van der Waals surface area contributed by atoms with E-state index in [4.69, 9.17) is 11.6 Å². The van der Waals surface area contributed by atoms with E-state index in [9.17, 15) is 9.18 Å². The minimum atomic E-state index is -0.385. The molecule has 0 saturated carbocycles. The van der Waals surface area contributed by atoms with Crippen LogP contribution < -0.4 is 0 Å². The Morgan fingerprint density at radius 1 is 1.42 bits per heavy atom. The van der Waals surface area contributed by atoms with Gasteiger partial charge < -0.3 is 4.90 Å². The first-order chi connectivity index (χ1) is 8.97. The third kappa shape index (κ3) is 3.55. The lowest BCUT2D eigenvalue weighted by molar-refractivity contribution is 0.0786. The zero-order valence-corrected chi connectivity index (χ0v) is 13.1. The van der Waals surface area contributed by atoms with Gasteiger partial charge in [-0.25, -0.2) is 4.39 Å². The third-order valence-corrected chi connectivity index (χ3v) is 4.36. The Kier molecular flexibility index (Phi) is 4.60. The van der Waals surface area contributed by atoms with Crippen molar-refractivity contribution < 1.29 is 9.18 Å². The second-order valence-electron chi connectivity index (χ2n) is 4.00. The van der Waals surface area contributed by atoms with E-state index in [1.54, 1.807) is 18.0 Å². The summed E-state index contributed by atoms with van der Waals surface area (Å²) in [5.74, 6) is -0.547. The van der Waals surface area contributed by atoms with Crippen LogP contribution in [0.15, 0.2) is 34.8 Å². The van der Waals surface area contributed by atoms with Gasteiger partial charge in [0.25, 0.3) is 5.91 Å². The largest absolute Gasteiger partial charge is 0.337 e. The molecular formula is C13H10BrClFNOS. The summed E-state index contributed by atoms with van der Waals surface area (Å²) in [4.78, 5) is 14.7. The topological polar surface area (TPSA) is 20.3 Å². The summed E-state index contributed by atoms with van der Waals surface area (Å²) in [6.45, 7) is 0.477. The lowest BCUT2D eigenvalue weighted by Gasteiger charge is -2.16. The quantitative estimate of drug-likeness (QED) is 0.783. The molecule has 0 fully saturated rings. The number of hydrogen-bond acceptors (Lipinski definition) is 2. The van der Waals surface area contributed by atoms with E-state index in [1.807, 2.05) is 6.07 Å². The van der Waals surface area contributed by atoms with E-state index in [2.05, 4.69) is 15.9 Å². The maximum absolute atomic E-state index is 13.1. The summed E-state index contributed by atoms with van der Waals surface area (Å²) in [6, 6.07) is 7.91. The first-order valence-corrected chi connectivity index (χ1v) is 7.41. The van der Waals surface area contributed by atoms with Gasteiger partial charge in [-0.05, 0) is 46.3 Å². The Morgan fingerprint density at radius 2 is 2.16 bits per heavy atom. The monoisotopic (exact) mass is 361 g/mol. The van der Waals surface area contributed by atoms with Crippen LogP contribution in [-0.4, -0.2) is 17.9 Å². The van der Waals surface area contributed by atoms with Crippen LogP contribution in [0.2, 0.25) is 4.34 Å². The van der Waals surface area contributed by atoms with Gasteiger partial charge in [0.15, 0.2) is 0 Å². The van der Waals surface area contributed by atoms with Gasteiger partial charge in [0.05, 0.1) is 15.4 Å². The molecule has 1 aromatic heterocycles. The van der Waals surface area contributed by atoms with Crippen molar-refractivity contribution in [3.8, 4) is 0 Å². The number of rotatable bonds is 3. The van der Waals surface area contributed by atoms with Crippen molar-refractivity contribution in [3.63, 3.8) is 0 Å². The molecule has 0 bridgehead atoms. The highest BCUT2D eigenvalue weighted by Gasteiger charge is 2.14. The fraction of sp³-hybridized carbons (Fsp3) is 0.154. The minimum Gasteiger partial charge on any atom is -0.337 e. The Labute approximate surface area is 127 Å². The lowest BCUT2D eigenvalue weighted by atomic mass is 10.2. The van der Waals surface area contributed by atoms with E-state index in [1.165, 1.54) is 29.5 Å². The number of halogens is 3. The maximum atomic E-state index is 13.1.